The molecule has 0 bridgehead atoms. The quantitative estimate of drug-likeness (QED) is 0.750. The lowest BCUT2D eigenvalue weighted by atomic mass is 10.4. The number of halogens is 3. The Balaban J connectivity index is 2.45. The van der Waals surface area contributed by atoms with E-state index in [2.05, 4.69) is 20.7 Å². The fourth-order valence-corrected chi connectivity index (χ4v) is 3.66. The maximum atomic E-state index is 12.2. The highest BCUT2D eigenvalue weighted by molar-refractivity contribution is 9.10. The van der Waals surface area contributed by atoms with Crippen LogP contribution < -0.4 is 0 Å². The molecule has 2 rings (SSSR count). The Hall–Kier alpha value is -0.560. The number of sulfone groups is 1. The van der Waals surface area contributed by atoms with Crippen molar-refractivity contribution in [2.24, 2.45) is 0 Å². The van der Waals surface area contributed by atoms with Crippen LogP contribution in [0.4, 0.5) is 0 Å². The van der Waals surface area contributed by atoms with Crippen molar-refractivity contribution in [1.82, 2.24) is 0 Å². The summed E-state index contributed by atoms with van der Waals surface area (Å²) in [7, 11) is -3.91. The number of hydrogen-bond donors (Lipinski definition) is 0. The molecule has 0 unspecified atom stereocenters. The summed E-state index contributed by atoms with van der Waals surface area (Å²) in [5, 5.41) is -0.716. The third-order valence-electron chi connectivity index (χ3n) is 2.23. The molecule has 0 saturated heterocycles. The average molecular weight is 372 g/mol. The number of benzene rings is 1. The maximum Gasteiger partial charge on any atom is 0.352 e. The van der Waals surface area contributed by atoms with Crippen LogP contribution in [0.1, 0.15) is 0 Å². The Morgan fingerprint density at radius 2 is 1.72 bits per heavy atom. The van der Waals surface area contributed by atoms with Crippen molar-refractivity contribution < 1.29 is 17.9 Å². The molecule has 1 aliphatic rings. The number of ether oxygens (including phenoxy) is 1. The highest BCUT2D eigenvalue weighted by Crippen LogP contribution is 2.34. The zero-order valence-electron chi connectivity index (χ0n) is 8.56. The Bertz CT molecular complexity index is 636. The lowest BCUT2D eigenvalue weighted by Crippen LogP contribution is -2.22. The second kappa shape index (κ2) is 4.85. The minimum Gasteiger partial charge on any atom is -0.435 e. The molecular weight excluding hydrogens is 367 g/mol. The summed E-state index contributed by atoms with van der Waals surface area (Å²) in [6, 6.07) is 5.87. The summed E-state index contributed by atoms with van der Waals surface area (Å²) in [4.78, 5) is 11.2. The Labute approximate surface area is 122 Å². The van der Waals surface area contributed by atoms with Crippen LogP contribution in [0.2, 0.25) is 0 Å². The lowest BCUT2D eigenvalue weighted by molar-refractivity contribution is -0.136. The molecule has 18 heavy (non-hydrogen) atoms. The predicted octanol–water partition coefficient (Wildman–Crippen LogP) is 2.79. The summed E-state index contributed by atoms with van der Waals surface area (Å²) < 4.78 is 29.7. The maximum absolute atomic E-state index is 12.2. The van der Waals surface area contributed by atoms with E-state index in [9.17, 15) is 13.2 Å². The van der Waals surface area contributed by atoms with Crippen LogP contribution in [0.15, 0.2) is 43.7 Å². The normalized spacial score (nSPS) is 20.2. The van der Waals surface area contributed by atoms with Gasteiger partial charge in [0.05, 0.1) is 4.90 Å². The van der Waals surface area contributed by atoms with Crippen molar-refractivity contribution in [3.63, 3.8) is 0 Å². The first-order chi connectivity index (χ1) is 8.34. The summed E-state index contributed by atoms with van der Waals surface area (Å²) in [6.45, 7) is 0. The van der Waals surface area contributed by atoms with Crippen LogP contribution >= 0.6 is 39.1 Å². The molecular formula is C10H5BrCl2O4S. The van der Waals surface area contributed by atoms with Gasteiger partial charge in [0.1, 0.15) is 10.1 Å². The first-order valence-corrected chi connectivity index (χ1v) is 7.69. The SMILES string of the molecule is O=C1O[C@H](S(=O)(=O)c2ccc(Br)cc2)C(Cl)=C1Cl. The minimum absolute atomic E-state index is 0.00647. The number of hydrogen-bond acceptors (Lipinski definition) is 4. The third kappa shape index (κ3) is 2.30. The smallest absolute Gasteiger partial charge is 0.352 e. The Morgan fingerprint density at radius 1 is 1.17 bits per heavy atom. The van der Waals surface area contributed by atoms with Gasteiger partial charge in [-0.2, -0.15) is 0 Å². The predicted molar refractivity (Wildman–Crippen MR) is 69.9 cm³/mol. The highest BCUT2D eigenvalue weighted by atomic mass is 79.9. The molecule has 1 heterocycles. The number of esters is 1. The van der Waals surface area contributed by atoms with Gasteiger partial charge in [-0.15, -0.1) is 0 Å². The van der Waals surface area contributed by atoms with Gasteiger partial charge in [-0.25, -0.2) is 13.2 Å². The monoisotopic (exact) mass is 370 g/mol. The summed E-state index contributed by atoms with van der Waals surface area (Å²) in [5.41, 5.74) is -1.57. The van der Waals surface area contributed by atoms with Gasteiger partial charge in [-0.05, 0) is 24.3 Å². The first-order valence-electron chi connectivity index (χ1n) is 4.59. The minimum atomic E-state index is -3.91. The molecule has 0 saturated carbocycles. The third-order valence-corrected chi connectivity index (χ3v) is 5.56. The van der Waals surface area contributed by atoms with E-state index >= 15 is 0 Å². The molecule has 0 N–H and O–H groups in total. The first kappa shape index (κ1) is 13.9. The number of rotatable bonds is 2. The van der Waals surface area contributed by atoms with Gasteiger partial charge in [0, 0.05) is 4.47 Å². The van der Waals surface area contributed by atoms with Crippen LogP contribution in [0.25, 0.3) is 0 Å². The summed E-state index contributed by atoms with van der Waals surface area (Å²) >= 11 is 14.4. The zero-order chi connectivity index (χ0) is 13.5. The van der Waals surface area contributed by atoms with Crippen LogP contribution in [0, 0.1) is 0 Å². The number of carbonyl (C=O) groups is 1. The molecule has 1 aromatic carbocycles. The number of carbonyl (C=O) groups excluding carboxylic acids is 1. The van der Waals surface area contributed by atoms with E-state index in [1.165, 1.54) is 12.1 Å². The molecule has 0 aromatic heterocycles. The van der Waals surface area contributed by atoms with Crippen molar-refractivity contribution in [2.45, 2.75) is 10.3 Å². The largest absolute Gasteiger partial charge is 0.435 e. The molecule has 0 spiro atoms. The fourth-order valence-electron chi connectivity index (χ4n) is 1.35. The second-order valence-corrected chi connectivity index (χ2v) is 7.09. The van der Waals surface area contributed by atoms with Gasteiger partial charge in [0.15, 0.2) is 0 Å². The average Bonchev–Trinajstić information content (AvgIpc) is 2.58. The van der Waals surface area contributed by atoms with E-state index in [-0.39, 0.29) is 9.93 Å². The van der Waals surface area contributed by atoms with E-state index in [0.717, 1.165) is 4.47 Å². The topological polar surface area (TPSA) is 60.4 Å². The van der Waals surface area contributed by atoms with Crippen LogP contribution in [0.3, 0.4) is 0 Å². The standard InChI is InChI=1S/C10H5BrCl2O4S/c11-5-1-3-6(4-2-5)18(15,16)10-8(13)7(12)9(14)17-10/h1-4,10H/t10-/m1/s1. The van der Waals surface area contributed by atoms with E-state index in [1.807, 2.05) is 0 Å². The molecule has 0 aliphatic carbocycles. The van der Waals surface area contributed by atoms with Gasteiger partial charge >= 0.3 is 5.97 Å². The Morgan fingerprint density at radius 3 is 2.17 bits per heavy atom. The van der Waals surface area contributed by atoms with E-state index in [4.69, 9.17) is 23.2 Å². The van der Waals surface area contributed by atoms with Crippen molar-refractivity contribution in [1.29, 1.82) is 0 Å². The second-order valence-electron chi connectivity index (χ2n) is 3.40. The lowest BCUT2D eigenvalue weighted by Gasteiger charge is -2.11. The van der Waals surface area contributed by atoms with Gasteiger partial charge in [-0.3, -0.25) is 0 Å². The van der Waals surface area contributed by atoms with Gasteiger partial charge < -0.3 is 4.74 Å². The highest BCUT2D eigenvalue weighted by Gasteiger charge is 2.42. The molecule has 96 valence electrons. The van der Waals surface area contributed by atoms with Gasteiger partial charge in [0.25, 0.3) is 0 Å². The van der Waals surface area contributed by atoms with Crippen molar-refractivity contribution in [3.8, 4) is 0 Å². The number of cyclic esters (lactones) is 1. The molecule has 0 radical (unpaired) electrons. The van der Waals surface area contributed by atoms with Gasteiger partial charge in [0.2, 0.25) is 15.3 Å². The summed E-state index contributed by atoms with van der Waals surface area (Å²) in [6.07, 6.45) is 0. The molecule has 1 aromatic rings. The molecule has 1 atom stereocenters. The van der Waals surface area contributed by atoms with Crippen molar-refractivity contribution >= 4 is 54.9 Å². The molecule has 4 nitrogen and oxygen atoms in total. The molecule has 8 heteroatoms. The molecule has 0 amide bonds. The van der Waals surface area contributed by atoms with E-state index in [1.54, 1.807) is 12.1 Å². The van der Waals surface area contributed by atoms with Crippen LogP contribution in [-0.4, -0.2) is 19.8 Å². The molecule has 0 fully saturated rings. The van der Waals surface area contributed by atoms with E-state index in [0.29, 0.717) is 0 Å². The fraction of sp³-hybridized carbons (Fsp3) is 0.100. The summed E-state index contributed by atoms with van der Waals surface area (Å²) in [5.74, 6) is -0.938. The van der Waals surface area contributed by atoms with E-state index < -0.39 is 26.3 Å². The van der Waals surface area contributed by atoms with Crippen LogP contribution in [-0.2, 0) is 19.4 Å². The molecule has 1 aliphatic heterocycles. The van der Waals surface area contributed by atoms with Crippen molar-refractivity contribution in [2.75, 3.05) is 0 Å². The zero-order valence-corrected chi connectivity index (χ0v) is 12.5. The van der Waals surface area contributed by atoms with Gasteiger partial charge in [-0.1, -0.05) is 39.1 Å². The Kier molecular flexibility index (Phi) is 3.73. The van der Waals surface area contributed by atoms with Crippen LogP contribution in [0.5, 0.6) is 0 Å². The van der Waals surface area contributed by atoms with Crippen molar-refractivity contribution in [3.05, 3.63) is 38.8 Å².